The van der Waals surface area contributed by atoms with Crippen molar-refractivity contribution in [3.05, 3.63) is 94.6 Å². The van der Waals surface area contributed by atoms with Crippen LogP contribution in [0, 0.1) is 40.6 Å². The van der Waals surface area contributed by atoms with Gasteiger partial charge >= 0.3 is 0 Å². The van der Waals surface area contributed by atoms with E-state index < -0.39 is 28.9 Å². The largest absolute Gasteiger partial charge is 0.507 e. The Kier molecular flexibility index (Phi) is 7.12. The standard InChI is InChI=1S/C33H33F3N2O3/c1-33-12-10-22-21-9-7-19(34)14-18(21)6-8-23(22)30(33)26(16-29(33)40)24(31-27(36)15-20(35)17-38-31)11-13-37-32(41)25-4-2-3-5-28(25)39/h2-5,7,9,14-15,17,22-24,26,30,39H,6,8,10-13,16H2,1H3,(H,37,41)/t22?,23?,24?,26-,30?,33+/m0/s1. The van der Waals surface area contributed by atoms with Gasteiger partial charge < -0.3 is 10.4 Å². The van der Waals surface area contributed by atoms with E-state index in [9.17, 15) is 23.5 Å². The molecule has 4 unspecified atom stereocenters. The van der Waals surface area contributed by atoms with Crippen molar-refractivity contribution in [1.29, 1.82) is 0 Å². The van der Waals surface area contributed by atoms with Gasteiger partial charge in [0.05, 0.1) is 17.5 Å². The summed E-state index contributed by atoms with van der Waals surface area (Å²) in [4.78, 5) is 30.6. The van der Waals surface area contributed by atoms with Crippen LogP contribution in [0.1, 0.15) is 78.0 Å². The third-order valence-electron chi connectivity index (χ3n) is 10.1. The number of amides is 1. The Morgan fingerprint density at radius 2 is 1.93 bits per heavy atom. The first kappa shape index (κ1) is 27.5. The highest BCUT2D eigenvalue weighted by Gasteiger charge is 2.60. The fraction of sp³-hybridized carbons (Fsp3) is 0.424. The van der Waals surface area contributed by atoms with E-state index in [0.717, 1.165) is 36.2 Å². The van der Waals surface area contributed by atoms with Gasteiger partial charge in [-0.3, -0.25) is 14.6 Å². The number of nitrogens with one attached hydrogen (secondary N) is 1. The Morgan fingerprint density at radius 3 is 2.71 bits per heavy atom. The average molecular weight is 563 g/mol. The van der Waals surface area contributed by atoms with E-state index >= 15 is 4.39 Å². The van der Waals surface area contributed by atoms with Crippen LogP contribution >= 0.6 is 0 Å². The summed E-state index contributed by atoms with van der Waals surface area (Å²) in [5.74, 6) is -2.76. The lowest BCUT2D eigenvalue weighted by Gasteiger charge is -2.50. The number of para-hydroxylation sites is 1. The number of Topliss-reactive ketones (excluding diaryl/α,β-unsaturated/α-hetero) is 1. The van der Waals surface area contributed by atoms with Gasteiger partial charge in [-0.05, 0) is 91.2 Å². The van der Waals surface area contributed by atoms with Crippen LogP contribution in [0.5, 0.6) is 5.75 Å². The molecule has 6 rings (SSSR count). The van der Waals surface area contributed by atoms with Crippen LogP contribution < -0.4 is 5.32 Å². The fourth-order valence-corrected chi connectivity index (χ4v) is 8.24. The van der Waals surface area contributed by atoms with Crippen molar-refractivity contribution in [2.24, 2.45) is 23.2 Å². The summed E-state index contributed by atoms with van der Waals surface area (Å²) in [7, 11) is 0. The lowest BCUT2D eigenvalue weighted by Crippen LogP contribution is -2.45. The van der Waals surface area contributed by atoms with Gasteiger partial charge in [-0.1, -0.05) is 25.1 Å². The Balaban J connectivity index is 1.33. The number of rotatable bonds is 6. The number of benzene rings is 2. The van der Waals surface area contributed by atoms with Crippen molar-refractivity contribution in [2.75, 3.05) is 6.54 Å². The van der Waals surface area contributed by atoms with E-state index in [4.69, 9.17) is 0 Å². The van der Waals surface area contributed by atoms with Crippen molar-refractivity contribution < 1.29 is 27.9 Å². The SMILES string of the molecule is C[C@]12CCC3c4ccc(F)cc4CCC3C1[C@H](C(CCNC(=O)c1ccccc1O)c1ncc(F)cc1F)CC2=O. The highest BCUT2D eigenvalue weighted by atomic mass is 19.1. The number of pyridine rings is 1. The van der Waals surface area contributed by atoms with E-state index in [1.807, 2.05) is 13.0 Å². The van der Waals surface area contributed by atoms with Gasteiger partial charge in [-0.25, -0.2) is 13.2 Å². The van der Waals surface area contributed by atoms with Gasteiger partial charge in [0, 0.05) is 30.4 Å². The second-order valence-corrected chi connectivity index (χ2v) is 12.1. The molecule has 1 aromatic heterocycles. The normalized spacial score (nSPS) is 27.5. The number of hydrogen-bond acceptors (Lipinski definition) is 4. The molecule has 2 fully saturated rings. The molecule has 6 atom stereocenters. The molecule has 3 aliphatic rings. The minimum absolute atomic E-state index is 0.0583. The predicted octanol–water partition coefficient (Wildman–Crippen LogP) is 6.46. The molecule has 0 aliphatic heterocycles. The zero-order chi connectivity index (χ0) is 28.9. The number of hydrogen-bond donors (Lipinski definition) is 2. The number of aryl methyl sites for hydroxylation is 1. The van der Waals surface area contributed by atoms with E-state index in [1.165, 1.54) is 18.2 Å². The number of phenols is 1. The van der Waals surface area contributed by atoms with Crippen LogP contribution in [-0.4, -0.2) is 28.3 Å². The van der Waals surface area contributed by atoms with Crippen LogP contribution in [0.4, 0.5) is 13.2 Å². The maximum atomic E-state index is 15.3. The van der Waals surface area contributed by atoms with Crippen molar-refractivity contribution in [2.45, 2.75) is 57.3 Å². The zero-order valence-corrected chi connectivity index (χ0v) is 22.9. The summed E-state index contributed by atoms with van der Waals surface area (Å²) in [6, 6.07) is 12.0. The summed E-state index contributed by atoms with van der Waals surface area (Å²) < 4.78 is 43.2. The second kappa shape index (κ2) is 10.6. The number of carbonyl (C=O) groups excluding carboxylic acids is 2. The summed E-state index contributed by atoms with van der Waals surface area (Å²) in [5, 5.41) is 12.9. The molecule has 0 bridgehead atoms. The lowest BCUT2D eigenvalue weighted by atomic mass is 9.53. The Hall–Kier alpha value is -3.68. The van der Waals surface area contributed by atoms with Crippen molar-refractivity contribution in [1.82, 2.24) is 10.3 Å². The highest BCUT2D eigenvalue weighted by Crippen LogP contribution is 2.63. The first-order valence-corrected chi connectivity index (χ1v) is 14.4. The Bertz CT molecular complexity index is 1510. The quantitative estimate of drug-likeness (QED) is 0.362. The van der Waals surface area contributed by atoms with E-state index in [0.29, 0.717) is 19.3 Å². The van der Waals surface area contributed by atoms with E-state index in [1.54, 1.807) is 18.2 Å². The molecule has 2 saturated carbocycles. The molecule has 0 saturated heterocycles. The van der Waals surface area contributed by atoms with Gasteiger partial charge in [0.2, 0.25) is 0 Å². The minimum atomic E-state index is -0.779. The van der Waals surface area contributed by atoms with Crippen LogP contribution in [-0.2, 0) is 11.2 Å². The molecule has 5 nitrogen and oxygen atoms in total. The minimum Gasteiger partial charge on any atom is -0.507 e. The summed E-state index contributed by atoms with van der Waals surface area (Å²) in [5.41, 5.74) is 1.82. The number of phenolic OH excluding ortho intramolecular Hbond substituents is 1. The molecule has 1 heterocycles. The maximum Gasteiger partial charge on any atom is 0.255 e. The van der Waals surface area contributed by atoms with Crippen LogP contribution in [0.3, 0.4) is 0 Å². The number of nitrogens with zero attached hydrogens (tertiary/aromatic N) is 1. The molecule has 0 spiro atoms. The lowest BCUT2D eigenvalue weighted by molar-refractivity contribution is -0.129. The van der Waals surface area contributed by atoms with Gasteiger partial charge in [0.1, 0.15) is 29.0 Å². The number of fused-ring (bicyclic) bond motifs is 5. The maximum absolute atomic E-state index is 15.3. The summed E-state index contributed by atoms with van der Waals surface area (Å²) in [6.07, 6.45) is 4.60. The monoisotopic (exact) mass is 562 g/mol. The first-order chi connectivity index (χ1) is 19.7. The van der Waals surface area contributed by atoms with Gasteiger partial charge in [-0.2, -0.15) is 0 Å². The number of aromatic hydroxyl groups is 1. The molecule has 1 amide bonds. The van der Waals surface area contributed by atoms with Crippen molar-refractivity contribution >= 4 is 11.7 Å². The molecule has 0 radical (unpaired) electrons. The smallest absolute Gasteiger partial charge is 0.255 e. The molecule has 8 heteroatoms. The van der Waals surface area contributed by atoms with Crippen LogP contribution in [0.15, 0.2) is 54.7 Å². The van der Waals surface area contributed by atoms with Crippen molar-refractivity contribution in [3.8, 4) is 5.75 Å². The zero-order valence-electron chi connectivity index (χ0n) is 22.9. The Labute approximate surface area is 237 Å². The molecule has 2 N–H and O–H groups in total. The number of ketones is 1. The molecular formula is C33H33F3N2O3. The number of aromatic nitrogens is 1. The van der Waals surface area contributed by atoms with E-state index in [2.05, 4.69) is 10.3 Å². The van der Waals surface area contributed by atoms with Gasteiger partial charge in [-0.15, -0.1) is 0 Å². The Morgan fingerprint density at radius 1 is 1.12 bits per heavy atom. The van der Waals surface area contributed by atoms with Crippen molar-refractivity contribution in [3.63, 3.8) is 0 Å². The van der Waals surface area contributed by atoms with Crippen LogP contribution in [0.25, 0.3) is 0 Å². The third kappa shape index (κ3) is 4.81. The fourth-order valence-electron chi connectivity index (χ4n) is 8.24. The summed E-state index contributed by atoms with van der Waals surface area (Å²) >= 11 is 0. The number of halogens is 3. The van der Waals surface area contributed by atoms with E-state index in [-0.39, 0.29) is 65.2 Å². The third-order valence-corrected chi connectivity index (χ3v) is 10.1. The molecule has 2 aromatic carbocycles. The van der Waals surface area contributed by atoms with Gasteiger partial charge in [0.15, 0.2) is 0 Å². The first-order valence-electron chi connectivity index (χ1n) is 14.4. The topological polar surface area (TPSA) is 79.3 Å². The number of carbonyl (C=O) groups is 2. The molecule has 41 heavy (non-hydrogen) atoms. The molecule has 3 aromatic rings. The average Bonchev–Trinajstić information content (AvgIpc) is 3.21. The second-order valence-electron chi connectivity index (χ2n) is 12.1. The molecular weight excluding hydrogens is 529 g/mol. The summed E-state index contributed by atoms with van der Waals surface area (Å²) in [6.45, 7) is 2.18. The molecule has 214 valence electrons. The van der Waals surface area contributed by atoms with Gasteiger partial charge in [0.25, 0.3) is 5.91 Å². The molecule has 3 aliphatic carbocycles. The predicted molar refractivity (Wildman–Crippen MR) is 147 cm³/mol. The highest BCUT2D eigenvalue weighted by molar-refractivity contribution is 5.96. The van der Waals surface area contributed by atoms with Crippen LogP contribution in [0.2, 0.25) is 0 Å².